The van der Waals surface area contributed by atoms with E-state index in [0.717, 1.165) is 15.8 Å². The molecule has 1 aromatic carbocycles. The largest absolute Gasteiger partial charge is 0.379 e. The van der Waals surface area contributed by atoms with Gasteiger partial charge in [0.25, 0.3) is 5.91 Å². The van der Waals surface area contributed by atoms with E-state index in [1.165, 1.54) is 0 Å². The van der Waals surface area contributed by atoms with Gasteiger partial charge in [-0.05, 0) is 23.8 Å². The van der Waals surface area contributed by atoms with Gasteiger partial charge >= 0.3 is 0 Å². The standard InChI is InChI=1S/C12H14BrNO2S/c13-10-4-2-1-3-9(10)7-14-11(15)12(16)5-6-17-8-12/h1-4,16H,5-8H2,(H,14,15). The fourth-order valence-corrected chi connectivity index (χ4v) is 3.38. The Hall–Kier alpha value is -0.520. The van der Waals surface area contributed by atoms with Crippen LogP contribution >= 0.6 is 27.7 Å². The molecule has 0 spiro atoms. The van der Waals surface area contributed by atoms with Crippen LogP contribution in [-0.4, -0.2) is 28.1 Å². The molecule has 5 heteroatoms. The van der Waals surface area contributed by atoms with Gasteiger partial charge in [-0.1, -0.05) is 34.1 Å². The monoisotopic (exact) mass is 315 g/mol. The smallest absolute Gasteiger partial charge is 0.253 e. The van der Waals surface area contributed by atoms with E-state index >= 15 is 0 Å². The van der Waals surface area contributed by atoms with Gasteiger partial charge in [0.15, 0.2) is 5.60 Å². The average Bonchev–Trinajstić information content (AvgIpc) is 2.76. The van der Waals surface area contributed by atoms with Crippen molar-refractivity contribution in [1.29, 1.82) is 0 Å². The third-order valence-electron chi connectivity index (χ3n) is 2.82. The molecular formula is C12H14BrNO2S. The molecule has 92 valence electrons. The SMILES string of the molecule is O=C(NCc1ccccc1Br)C1(O)CCSC1. The first kappa shape index (κ1) is 12.9. The van der Waals surface area contributed by atoms with E-state index < -0.39 is 5.60 Å². The summed E-state index contributed by atoms with van der Waals surface area (Å²) in [5.74, 6) is 1.08. The molecule has 0 saturated carbocycles. The zero-order valence-corrected chi connectivity index (χ0v) is 11.7. The Balaban J connectivity index is 1.94. The van der Waals surface area contributed by atoms with Crippen molar-refractivity contribution < 1.29 is 9.90 Å². The summed E-state index contributed by atoms with van der Waals surface area (Å²) < 4.78 is 0.966. The molecule has 0 radical (unpaired) electrons. The second-order valence-electron chi connectivity index (χ2n) is 4.11. The molecule has 1 saturated heterocycles. The molecule has 3 nitrogen and oxygen atoms in total. The number of hydrogen-bond donors (Lipinski definition) is 2. The first-order valence-corrected chi connectivity index (χ1v) is 7.38. The highest BCUT2D eigenvalue weighted by Crippen LogP contribution is 2.28. The van der Waals surface area contributed by atoms with Crippen molar-refractivity contribution in [3.05, 3.63) is 34.3 Å². The fourth-order valence-electron chi connectivity index (χ4n) is 1.72. The Bertz CT molecular complexity index is 419. The summed E-state index contributed by atoms with van der Waals surface area (Å²) in [5, 5.41) is 12.9. The summed E-state index contributed by atoms with van der Waals surface area (Å²) in [6.45, 7) is 0.438. The normalized spacial score (nSPS) is 23.6. The lowest BCUT2D eigenvalue weighted by Crippen LogP contribution is -2.46. The molecule has 1 aromatic rings. The predicted octanol–water partition coefficient (Wildman–Crippen LogP) is 1.93. The third kappa shape index (κ3) is 3.03. The molecule has 1 fully saturated rings. The molecular weight excluding hydrogens is 302 g/mol. The van der Waals surface area contributed by atoms with Crippen molar-refractivity contribution in [3.8, 4) is 0 Å². The lowest BCUT2D eigenvalue weighted by atomic mass is 10.0. The van der Waals surface area contributed by atoms with Crippen LogP contribution in [-0.2, 0) is 11.3 Å². The highest BCUT2D eigenvalue weighted by atomic mass is 79.9. The minimum absolute atomic E-state index is 0.266. The van der Waals surface area contributed by atoms with Crippen LogP contribution in [0.2, 0.25) is 0 Å². The van der Waals surface area contributed by atoms with Crippen molar-refractivity contribution in [2.24, 2.45) is 0 Å². The van der Waals surface area contributed by atoms with E-state index in [-0.39, 0.29) is 5.91 Å². The lowest BCUT2D eigenvalue weighted by Gasteiger charge is -2.20. The van der Waals surface area contributed by atoms with Gasteiger partial charge in [0.05, 0.1) is 0 Å². The van der Waals surface area contributed by atoms with Gasteiger partial charge in [0, 0.05) is 16.8 Å². The van der Waals surface area contributed by atoms with E-state index in [4.69, 9.17) is 0 Å². The lowest BCUT2D eigenvalue weighted by molar-refractivity contribution is -0.137. The summed E-state index contributed by atoms with van der Waals surface area (Å²) >= 11 is 5.04. The Kier molecular flexibility index (Phi) is 4.12. The van der Waals surface area contributed by atoms with Gasteiger partial charge in [-0.15, -0.1) is 0 Å². The zero-order chi connectivity index (χ0) is 12.3. The van der Waals surface area contributed by atoms with E-state index in [1.54, 1.807) is 11.8 Å². The van der Waals surface area contributed by atoms with Crippen LogP contribution in [0.3, 0.4) is 0 Å². The van der Waals surface area contributed by atoms with E-state index in [0.29, 0.717) is 18.7 Å². The van der Waals surface area contributed by atoms with Crippen molar-refractivity contribution in [2.75, 3.05) is 11.5 Å². The minimum Gasteiger partial charge on any atom is -0.379 e. The number of carbonyl (C=O) groups is 1. The minimum atomic E-state index is -1.17. The highest BCUT2D eigenvalue weighted by Gasteiger charge is 2.39. The maximum absolute atomic E-state index is 11.9. The Morgan fingerprint density at radius 3 is 2.94 bits per heavy atom. The number of nitrogens with one attached hydrogen (secondary N) is 1. The van der Waals surface area contributed by atoms with Crippen LogP contribution in [0.5, 0.6) is 0 Å². The van der Waals surface area contributed by atoms with E-state index in [9.17, 15) is 9.90 Å². The Morgan fingerprint density at radius 2 is 2.29 bits per heavy atom. The first-order chi connectivity index (χ1) is 8.12. The van der Waals surface area contributed by atoms with Crippen molar-refractivity contribution in [2.45, 2.75) is 18.6 Å². The van der Waals surface area contributed by atoms with Crippen LogP contribution in [0.4, 0.5) is 0 Å². The molecule has 0 bridgehead atoms. The first-order valence-electron chi connectivity index (χ1n) is 5.44. The molecule has 17 heavy (non-hydrogen) atoms. The number of carbonyl (C=O) groups excluding carboxylic acids is 1. The van der Waals surface area contributed by atoms with Gasteiger partial charge in [0.2, 0.25) is 0 Å². The fraction of sp³-hybridized carbons (Fsp3) is 0.417. The van der Waals surface area contributed by atoms with Crippen molar-refractivity contribution in [3.63, 3.8) is 0 Å². The number of hydrogen-bond acceptors (Lipinski definition) is 3. The molecule has 1 atom stereocenters. The van der Waals surface area contributed by atoms with E-state index in [2.05, 4.69) is 21.2 Å². The Morgan fingerprint density at radius 1 is 1.53 bits per heavy atom. The summed E-state index contributed by atoms with van der Waals surface area (Å²) in [7, 11) is 0. The molecule has 1 heterocycles. The van der Waals surface area contributed by atoms with Crippen LogP contribution in [0.15, 0.2) is 28.7 Å². The zero-order valence-electron chi connectivity index (χ0n) is 9.28. The number of rotatable bonds is 3. The van der Waals surface area contributed by atoms with Gasteiger partial charge in [-0.25, -0.2) is 0 Å². The second-order valence-corrected chi connectivity index (χ2v) is 6.07. The van der Waals surface area contributed by atoms with Crippen LogP contribution in [0.25, 0.3) is 0 Å². The molecule has 1 aliphatic heterocycles. The topological polar surface area (TPSA) is 49.3 Å². The number of amides is 1. The molecule has 2 rings (SSSR count). The molecule has 0 aromatic heterocycles. The van der Waals surface area contributed by atoms with Crippen LogP contribution in [0.1, 0.15) is 12.0 Å². The predicted molar refractivity (Wildman–Crippen MR) is 72.9 cm³/mol. The maximum Gasteiger partial charge on any atom is 0.253 e. The van der Waals surface area contributed by atoms with Gasteiger partial charge in [0.1, 0.15) is 0 Å². The second kappa shape index (κ2) is 5.42. The summed E-state index contributed by atoms with van der Waals surface area (Å²) in [6.07, 6.45) is 0.541. The summed E-state index contributed by atoms with van der Waals surface area (Å²) in [5.41, 5.74) is -0.165. The molecule has 1 aliphatic rings. The van der Waals surface area contributed by atoms with Gasteiger partial charge in [-0.2, -0.15) is 11.8 Å². The maximum atomic E-state index is 11.9. The van der Waals surface area contributed by atoms with Gasteiger partial charge < -0.3 is 10.4 Å². The van der Waals surface area contributed by atoms with Crippen LogP contribution in [0, 0.1) is 0 Å². The van der Waals surface area contributed by atoms with Gasteiger partial charge in [-0.3, -0.25) is 4.79 Å². The summed E-state index contributed by atoms with van der Waals surface area (Å²) in [4.78, 5) is 11.9. The molecule has 1 unspecified atom stereocenters. The number of aliphatic hydroxyl groups is 1. The number of halogens is 1. The van der Waals surface area contributed by atoms with Crippen molar-refractivity contribution >= 4 is 33.6 Å². The average molecular weight is 316 g/mol. The molecule has 2 N–H and O–H groups in total. The molecule has 1 amide bonds. The quantitative estimate of drug-likeness (QED) is 0.896. The molecule has 0 aliphatic carbocycles. The highest BCUT2D eigenvalue weighted by molar-refractivity contribution is 9.10. The van der Waals surface area contributed by atoms with Crippen molar-refractivity contribution in [1.82, 2.24) is 5.32 Å². The third-order valence-corrected chi connectivity index (χ3v) is 4.77. The van der Waals surface area contributed by atoms with E-state index in [1.807, 2.05) is 24.3 Å². The van der Waals surface area contributed by atoms with Crippen LogP contribution < -0.4 is 5.32 Å². The number of thioether (sulfide) groups is 1. The Labute approximate surface area is 113 Å². The summed E-state index contributed by atoms with van der Waals surface area (Å²) in [6, 6.07) is 7.72. The number of benzene rings is 1.